The second kappa shape index (κ2) is 9.33. The van der Waals surface area contributed by atoms with E-state index >= 15 is 0 Å². The van der Waals surface area contributed by atoms with Crippen molar-refractivity contribution in [2.45, 2.75) is 57.9 Å². The molecule has 1 amide bonds. The molecule has 1 aromatic heterocycles. The molecule has 1 aliphatic heterocycles. The van der Waals surface area contributed by atoms with Gasteiger partial charge in [-0.3, -0.25) is 4.79 Å². The van der Waals surface area contributed by atoms with Crippen LogP contribution in [-0.2, 0) is 11.3 Å². The van der Waals surface area contributed by atoms with Gasteiger partial charge in [-0.05, 0) is 30.7 Å². The Morgan fingerprint density at radius 3 is 2.73 bits per heavy atom. The highest BCUT2D eigenvalue weighted by molar-refractivity contribution is 5.96. The van der Waals surface area contributed by atoms with Crippen LogP contribution in [0, 0.1) is 0 Å². The van der Waals surface area contributed by atoms with Gasteiger partial charge >= 0.3 is 0 Å². The van der Waals surface area contributed by atoms with Crippen LogP contribution >= 0.6 is 0 Å². The summed E-state index contributed by atoms with van der Waals surface area (Å²) in [5.41, 5.74) is 3.09. The lowest BCUT2D eigenvalue weighted by atomic mass is 10.1. The zero-order valence-electron chi connectivity index (χ0n) is 18.0. The van der Waals surface area contributed by atoms with Gasteiger partial charge in [-0.1, -0.05) is 50.8 Å². The minimum Gasteiger partial charge on any atom is -0.497 e. The zero-order valence-corrected chi connectivity index (χ0v) is 18.0. The molecule has 1 atom stereocenters. The molecule has 1 saturated heterocycles. The number of amides is 1. The standard InChI is InChI=1S/C25H31N3O2/c1-3-4-5-6-9-15-27-23-14-8-7-13-22(23)26-25(27)19-16-24(29)28(18-19)20-11-10-12-21(17-20)30-2/h7-8,10-14,17,19H,3-6,9,15-16,18H2,1-2H3/t19-/m1/s1. The van der Waals surface area contributed by atoms with Gasteiger partial charge in [-0.25, -0.2) is 4.98 Å². The van der Waals surface area contributed by atoms with Crippen LogP contribution in [-0.4, -0.2) is 29.1 Å². The highest BCUT2D eigenvalue weighted by Crippen LogP contribution is 2.34. The van der Waals surface area contributed by atoms with Gasteiger partial charge < -0.3 is 14.2 Å². The van der Waals surface area contributed by atoms with E-state index in [-0.39, 0.29) is 11.8 Å². The molecule has 1 aliphatic rings. The number of nitrogens with zero attached hydrogens (tertiary/aromatic N) is 3. The van der Waals surface area contributed by atoms with Crippen molar-refractivity contribution in [2.24, 2.45) is 0 Å². The number of carbonyl (C=O) groups is 1. The summed E-state index contributed by atoms with van der Waals surface area (Å²) in [6.07, 6.45) is 6.71. The van der Waals surface area contributed by atoms with E-state index in [4.69, 9.17) is 9.72 Å². The van der Waals surface area contributed by atoms with Crippen LogP contribution in [0.25, 0.3) is 11.0 Å². The number of methoxy groups -OCH3 is 1. The molecule has 4 rings (SSSR count). The van der Waals surface area contributed by atoms with Crippen LogP contribution in [0.1, 0.15) is 57.2 Å². The molecule has 158 valence electrons. The van der Waals surface area contributed by atoms with Gasteiger partial charge in [0, 0.05) is 37.2 Å². The molecule has 5 nitrogen and oxygen atoms in total. The van der Waals surface area contributed by atoms with Crippen molar-refractivity contribution in [3.05, 3.63) is 54.4 Å². The van der Waals surface area contributed by atoms with Gasteiger partial charge in [0.2, 0.25) is 5.91 Å². The van der Waals surface area contributed by atoms with Gasteiger partial charge in [-0.2, -0.15) is 0 Å². The summed E-state index contributed by atoms with van der Waals surface area (Å²) in [7, 11) is 1.65. The SMILES string of the molecule is CCCCCCCn1c([C@@H]2CC(=O)N(c3cccc(OC)c3)C2)nc2ccccc21. The Labute approximate surface area is 178 Å². The minimum absolute atomic E-state index is 0.103. The molecule has 1 fully saturated rings. The number of anilines is 1. The summed E-state index contributed by atoms with van der Waals surface area (Å²) in [5.74, 6) is 2.06. The van der Waals surface area contributed by atoms with Crippen molar-refractivity contribution in [3.63, 3.8) is 0 Å². The third-order valence-electron chi connectivity index (χ3n) is 6.02. The third kappa shape index (κ3) is 4.20. The molecule has 3 aromatic rings. The Morgan fingerprint density at radius 1 is 1.07 bits per heavy atom. The number of hydrogen-bond donors (Lipinski definition) is 0. The van der Waals surface area contributed by atoms with Gasteiger partial charge in [0.1, 0.15) is 11.6 Å². The summed E-state index contributed by atoms with van der Waals surface area (Å²) >= 11 is 0. The topological polar surface area (TPSA) is 47.4 Å². The predicted octanol–water partition coefficient (Wildman–Crippen LogP) is 5.54. The Bertz CT molecular complexity index is 1010. The van der Waals surface area contributed by atoms with Crippen LogP contribution in [0.4, 0.5) is 5.69 Å². The predicted molar refractivity (Wildman–Crippen MR) is 121 cm³/mol. The number of imidazole rings is 1. The van der Waals surface area contributed by atoms with Crippen molar-refractivity contribution < 1.29 is 9.53 Å². The lowest BCUT2D eigenvalue weighted by Crippen LogP contribution is -2.24. The van der Waals surface area contributed by atoms with Crippen LogP contribution in [0.2, 0.25) is 0 Å². The molecule has 5 heteroatoms. The summed E-state index contributed by atoms with van der Waals surface area (Å²) < 4.78 is 7.69. The number of aryl methyl sites for hydroxylation is 1. The first-order valence-corrected chi connectivity index (χ1v) is 11.1. The maximum absolute atomic E-state index is 12.9. The van der Waals surface area contributed by atoms with Gasteiger partial charge in [0.25, 0.3) is 0 Å². The number of fused-ring (bicyclic) bond motifs is 1. The quantitative estimate of drug-likeness (QED) is 0.439. The molecule has 0 radical (unpaired) electrons. The highest BCUT2D eigenvalue weighted by Gasteiger charge is 2.34. The molecule has 0 spiro atoms. The number of hydrogen-bond acceptors (Lipinski definition) is 3. The van der Waals surface area contributed by atoms with E-state index in [1.165, 1.54) is 31.2 Å². The molecule has 2 heterocycles. The maximum Gasteiger partial charge on any atom is 0.227 e. The van der Waals surface area contributed by atoms with Crippen molar-refractivity contribution in [2.75, 3.05) is 18.6 Å². The van der Waals surface area contributed by atoms with Crippen molar-refractivity contribution >= 4 is 22.6 Å². The first-order valence-electron chi connectivity index (χ1n) is 11.1. The largest absolute Gasteiger partial charge is 0.497 e. The normalized spacial score (nSPS) is 16.5. The van der Waals surface area contributed by atoms with Crippen molar-refractivity contribution in [3.8, 4) is 5.75 Å². The lowest BCUT2D eigenvalue weighted by molar-refractivity contribution is -0.117. The van der Waals surface area contributed by atoms with Crippen molar-refractivity contribution in [1.29, 1.82) is 0 Å². The van der Waals surface area contributed by atoms with E-state index in [0.717, 1.165) is 35.7 Å². The average Bonchev–Trinajstić information content (AvgIpc) is 3.34. The van der Waals surface area contributed by atoms with E-state index in [1.54, 1.807) is 7.11 Å². The molecular weight excluding hydrogens is 374 g/mol. The van der Waals surface area contributed by atoms with E-state index in [1.807, 2.05) is 35.2 Å². The molecule has 0 saturated carbocycles. The first-order chi connectivity index (χ1) is 14.7. The number of unbranched alkanes of at least 4 members (excludes halogenated alkanes) is 4. The van der Waals surface area contributed by atoms with E-state index < -0.39 is 0 Å². The zero-order chi connectivity index (χ0) is 20.9. The summed E-state index contributed by atoms with van der Waals surface area (Å²) in [6.45, 7) is 3.86. The molecule has 0 bridgehead atoms. The first kappa shape index (κ1) is 20.5. The molecule has 30 heavy (non-hydrogen) atoms. The number of para-hydroxylation sites is 2. The molecule has 2 aromatic carbocycles. The second-order valence-corrected chi connectivity index (χ2v) is 8.13. The molecule has 0 N–H and O–H groups in total. The average molecular weight is 406 g/mol. The van der Waals surface area contributed by atoms with Crippen LogP contribution in [0.3, 0.4) is 0 Å². The smallest absolute Gasteiger partial charge is 0.227 e. The number of rotatable bonds is 9. The Balaban J connectivity index is 1.58. The number of carbonyl (C=O) groups excluding carboxylic acids is 1. The summed E-state index contributed by atoms with van der Waals surface area (Å²) in [5, 5.41) is 0. The minimum atomic E-state index is 0.103. The fourth-order valence-electron chi connectivity index (χ4n) is 4.42. The summed E-state index contributed by atoms with van der Waals surface area (Å²) in [6, 6.07) is 16.1. The van der Waals surface area contributed by atoms with Gasteiger partial charge in [0.15, 0.2) is 0 Å². The van der Waals surface area contributed by atoms with Gasteiger partial charge in [-0.15, -0.1) is 0 Å². The third-order valence-corrected chi connectivity index (χ3v) is 6.02. The Morgan fingerprint density at radius 2 is 1.90 bits per heavy atom. The number of benzene rings is 2. The highest BCUT2D eigenvalue weighted by atomic mass is 16.5. The fraction of sp³-hybridized carbons (Fsp3) is 0.440. The summed E-state index contributed by atoms with van der Waals surface area (Å²) in [4.78, 5) is 19.7. The van der Waals surface area contributed by atoms with Crippen molar-refractivity contribution in [1.82, 2.24) is 9.55 Å². The Kier molecular flexibility index (Phi) is 6.36. The van der Waals surface area contributed by atoms with E-state index in [2.05, 4.69) is 29.7 Å². The Hall–Kier alpha value is -2.82. The van der Waals surface area contributed by atoms with Gasteiger partial charge in [0.05, 0.1) is 18.1 Å². The fourth-order valence-corrected chi connectivity index (χ4v) is 4.42. The van der Waals surface area contributed by atoms with Crippen LogP contribution < -0.4 is 9.64 Å². The van der Waals surface area contributed by atoms with E-state index in [0.29, 0.717) is 13.0 Å². The molecule has 0 aliphatic carbocycles. The monoisotopic (exact) mass is 405 g/mol. The lowest BCUT2D eigenvalue weighted by Gasteiger charge is -2.18. The number of aromatic nitrogens is 2. The molecule has 0 unspecified atom stereocenters. The molecular formula is C25H31N3O2. The second-order valence-electron chi connectivity index (χ2n) is 8.13. The number of ether oxygens (including phenoxy) is 1. The van der Waals surface area contributed by atoms with Crippen LogP contribution in [0.15, 0.2) is 48.5 Å². The van der Waals surface area contributed by atoms with Crippen LogP contribution in [0.5, 0.6) is 5.75 Å². The maximum atomic E-state index is 12.9. The van der Waals surface area contributed by atoms with E-state index in [9.17, 15) is 4.79 Å².